The summed E-state index contributed by atoms with van der Waals surface area (Å²) in [6, 6.07) is 14.1. The molecule has 158 valence electrons. The number of ketones is 1. The number of aryl methyl sites for hydroxylation is 1. The summed E-state index contributed by atoms with van der Waals surface area (Å²) < 4.78 is 5.17. The number of aromatic carboxylic acids is 1. The summed E-state index contributed by atoms with van der Waals surface area (Å²) in [4.78, 5) is 36.1. The van der Waals surface area contributed by atoms with Crippen LogP contribution in [-0.2, 0) is 16.1 Å². The maximum absolute atomic E-state index is 13.0. The number of anilines is 1. The van der Waals surface area contributed by atoms with Crippen LogP contribution in [0.1, 0.15) is 47.2 Å². The number of rotatable bonds is 8. The van der Waals surface area contributed by atoms with Crippen LogP contribution in [0.25, 0.3) is 0 Å². The van der Waals surface area contributed by atoms with Gasteiger partial charge in [0.25, 0.3) is 0 Å². The van der Waals surface area contributed by atoms with Crippen molar-refractivity contribution >= 4 is 23.5 Å². The Morgan fingerprint density at radius 3 is 2.40 bits per heavy atom. The molecular weight excluding hydrogens is 384 g/mol. The Hall–Kier alpha value is -3.35. The number of nitrogens with one attached hydrogen (secondary N) is 2. The molecule has 1 fully saturated rings. The highest BCUT2D eigenvalue weighted by Gasteiger charge is 2.41. The van der Waals surface area contributed by atoms with Crippen molar-refractivity contribution in [3.05, 3.63) is 65.2 Å². The molecule has 2 aromatic rings. The molecule has 0 aliphatic heterocycles. The number of amides is 1. The summed E-state index contributed by atoms with van der Waals surface area (Å²) in [6.45, 7) is 1.81. The first kappa shape index (κ1) is 21.4. The van der Waals surface area contributed by atoms with Crippen LogP contribution in [0.15, 0.2) is 48.5 Å². The maximum Gasteiger partial charge on any atom is 0.407 e. The zero-order valence-corrected chi connectivity index (χ0v) is 16.9. The van der Waals surface area contributed by atoms with Crippen LogP contribution in [0.4, 0.5) is 10.5 Å². The zero-order valence-electron chi connectivity index (χ0n) is 16.9. The number of benzene rings is 2. The number of carbonyl (C=O) groups excluding carboxylic acids is 2. The van der Waals surface area contributed by atoms with E-state index in [1.165, 1.54) is 6.07 Å². The molecule has 1 aliphatic rings. The Kier molecular flexibility index (Phi) is 6.72. The van der Waals surface area contributed by atoms with Crippen LogP contribution < -0.4 is 10.6 Å². The first-order valence-electron chi connectivity index (χ1n) is 10.00. The van der Waals surface area contributed by atoms with E-state index < -0.39 is 17.6 Å². The Balaban J connectivity index is 1.60. The maximum atomic E-state index is 13.0. The molecule has 0 heterocycles. The lowest BCUT2D eigenvalue weighted by atomic mass is 9.90. The first-order chi connectivity index (χ1) is 14.4. The van der Waals surface area contributed by atoms with E-state index in [4.69, 9.17) is 9.84 Å². The zero-order chi connectivity index (χ0) is 21.6. The Labute approximate surface area is 175 Å². The highest BCUT2D eigenvalue weighted by Crippen LogP contribution is 2.35. The quantitative estimate of drug-likeness (QED) is 0.609. The molecule has 3 rings (SSSR count). The van der Waals surface area contributed by atoms with E-state index in [2.05, 4.69) is 10.6 Å². The van der Waals surface area contributed by atoms with Crippen LogP contribution in [0.5, 0.6) is 0 Å². The van der Waals surface area contributed by atoms with Gasteiger partial charge in [-0.2, -0.15) is 0 Å². The summed E-state index contributed by atoms with van der Waals surface area (Å²) in [5.41, 5.74) is 1.77. The van der Waals surface area contributed by atoms with Gasteiger partial charge in [-0.15, -0.1) is 0 Å². The number of carbonyl (C=O) groups is 3. The lowest BCUT2D eigenvalue weighted by Crippen LogP contribution is -2.49. The van der Waals surface area contributed by atoms with E-state index in [1.54, 1.807) is 19.1 Å². The van der Waals surface area contributed by atoms with Crippen LogP contribution in [-0.4, -0.2) is 35.0 Å². The summed E-state index contributed by atoms with van der Waals surface area (Å²) in [6.07, 6.45) is 2.49. The van der Waals surface area contributed by atoms with Gasteiger partial charge >= 0.3 is 12.1 Å². The SMILES string of the molecule is Cc1cc(C(=O)O)ccc1NC1(C(=O)CNC(=O)OCc2ccccc2)CCCC1. The third kappa shape index (κ3) is 5.17. The van der Waals surface area contributed by atoms with Crippen molar-refractivity contribution in [1.29, 1.82) is 0 Å². The second-order valence-electron chi connectivity index (χ2n) is 7.59. The van der Waals surface area contributed by atoms with E-state index in [0.717, 1.165) is 29.7 Å². The average molecular weight is 410 g/mol. The number of ether oxygens (including phenoxy) is 1. The van der Waals surface area contributed by atoms with Gasteiger partial charge in [-0.25, -0.2) is 9.59 Å². The van der Waals surface area contributed by atoms with Gasteiger partial charge < -0.3 is 20.5 Å². The number of Topliss-reactive ketones (excluding diaryl/α,β-unsaturated/α-hetero) is 1. The van der Waals surface area contributed by atoms with Crippen LogP contribution >= 0.6 is 0 Å². The molecule has 1 amide bonds. The average Bonchev–Trinajstić information content (AvgIpc) is 3.22. The molecule has 1 saturated carbocycles. The van der Waals surface area contributed by atoms with Crippen LogP contribution in [0, 0.1) is 6.92 Å². The van der Waals surface area contributed by atoms with Crippen molar-refractivity contribution in [2.45, 2.75) is 44.8 Å². The van der Waals surface area contributed by atoms with Gasteiger partial charge in [-0.05, 0) is 49.1 Å². The monoisotopic (exact) mass is 410 g/mol. The predicted molar refractivity (Wildman–Crippen MR) is 113 cm³/mol. The van der Waals surface area contributed by atoms with Gasteiger partial charge in [0.05, 0.1) is 17.6 Å². The lowest BCUT2D eigenvalue weighted by molar-refractivity contribution is -0.122. The third-order valence-electron chi connectivity index (χ3n) is 5.44. The minimum absolute atomic E-state index is 0.113. The molecule has 7 nitrogen and oxygen atoms in total. The van der Waals surface area contributed by atoms with Crippen LogP contribution in [0.3, 0.4) is 0 Å². The lowest BCUT2D eigenvalue weighted by Gasteiger charge is -2.31. The molecule has 0 aromatic heterocycles. The summed E-state index contributed by atoms with van der Waals surface area (Å²) >= 11 is 0. The molecule has 0 unspecified atom stereocenters. The van der Waals surface area contributed by atoms with E-state index in [-0.39, 0.29) is 24.5 Å². The Morgan fingerprint density at radius 1 is 1.07 bits per heavy atom. The molecule has 30 heavy (non-hydrogen) atoms. The standard InChI is InChI=1S/C23H26N2O5/c1-16-13-18(21(27)28)9-10-19(16)25-23(11-5-6-12-23)20(26)14-24-22(29)30-15-17-7-3-2-4-8-17/h2-4,7-10,13,25H,5-6,11-12,14-15H2,1H3,(H,24,29)(H,27,28). The topological polar surface area (TPSA) is 105 Å². The molecule has 0 saturated heterocycles. The van der Waals surface area contributed by atoms with Gasteiger partial charge in [-0.1, -0.05) is 43.2 Å². The number of carboxylic acids is 1. The van der Waals surface area contributed by atoms with Crippen molar-refractivity contribution in [3.63, 3.8) is 0 Å². The summed E-state index contributed by atoms with van der Waals surface area (Å²) in [7, 11) is 0. The fourth-order valence-corrected chi connectivity index (χ4v) is 3.74. The third-order valence-corrected chi connectivity index (χ3v) is 5.44. The number of hydrogen-bond acceptors (Lipinski definition) is 5. The van der Waals surface area contributed by atoms with Crippen LogP contribution in [0.2, 0.25) is 0 Å². The van der Waals surface area contributed by atoms with Crippen molar-refractivity contribution in [2.75, 3.05) is 11.9 Å². The Bertz CT molecular complexity index is 920. The second-order valence-corrected chi connectivity index (χ2v) is 7.59. The summed E-state index contributed by atoms with van der Waals surface area (Å²) in [5, 5.41) is 15.0. The molecule has 0 spiro atoms. The molecule has 0 radical (unpaired) electrons. The van der Waals surface area contributed by atoms with Gasteiger partial charge in [0.1, 0.15) is 6.61 Å². The normalized spacial score (nSPS) is 14.7. The minimum atomic E-state index is -0.991. The van der Waals surface area contributed by atoms with Gasteiger partial charge in [0, 0.05) is 5.69 Å². The van der Waals surface area contributed by atoms with Crippen molar-refractivity contribution in [1.82, 2.24) is 5.32 Å². The van der Waals surface area contributed by atoms with E-state index >= 15 is 0 Å². The molecule has 7 heteroatoms. The molecule has 2 aromatic carbocycles. The van der Waals surface area contributed by atoms with Gasteiger partial charge in [-0.3, -0.25) is 4.79 Å². The van der Waals surface area contributed by atoms with Gasteiger partial charge in [0.2, 0.25) is 0 Å². The smallest absolute Gasteiger partial charge is 0.407 e. The number of alkyl carbamates (subject to hydrolysis) is 1. The first-order valence-corrected chi connectivity index (χ1v) is 10.00. The molecular formula is C23H26N2O5. The molecule has 0 bridgehead atoms. The fraction of sp³-hybridized carbons (Fsp3) is 0.348. The van der Waals surface area contributed by atoms with E-state index in [1.807, 2.05) is 30.3 Å². The van der Waals surface area contributed by atoms with Gasteiger partial charge in [0.15, 0.2) is 5.78 Å². The minimum Gasteiger partial charge on any atom is -0.478 e. The van der Waals surface area contributed by atoms with Crippen molar-refractivity contribution in [2.24, 2.45) is 0 Å². The highest BCUT2D eigenvalue weighted by molar-refractivity contribution is 5.95. The largest absolute Gasteiger partial charge is 0.478 e. The van der Waals surface area contributed by atoms with E-state index in [0.29, 0.717) is 12.8 Å². The Morgan fingerprint density at radius 2 is 1.77 bits per heavy atom. The van der Waals surface area contributed by atoms with Crippen molar-refractivity contribution in [3.8, 4) is 0 Å². The highest BCUT2D eigenvalue weighted by atomic mass is 16.5. The predicted octanol–water partition coefficient (Wildman–Crippen LogP) is 3.91. The number of hydrogen-bond donors (Lipinski definition) is 3. The molecule has 1 aliphatic carbocycles. The van der Waals surface area contributed by atoms with E-state index in [9.17, 15) is 14.4 Å². The second kappa shape index (κ2) is 9.43. The number of carboxylic acid groups (broad SMARTS) is 1. The molecule has 3 N–H and O–H groups in total. The van der Waals surface area contributed by atoms with Crippen molar-refractivity contribution < 1.29 is 24.2 Å². The molecule has 0 atom stereocenters. The fourth-order valence-electron chi connectivity index (χ4n) is 3.74. The summed E-state index contributed by atoms with van der Waals surface area (Å²) in [5.74, 6) is -1.10.